The van der Waals surface area contributed by atoms with Crippen LogP contribution in [0.5, 0.6) is 0 Å². The smallest absolute Gasteiger partial charge is 0.417 e. The summed E-state index contributed by atoms with van der Waals surface area (Å²) in [6.07, 6.45) is -4.67. The van der Waals surface area contributed by atoms with Gasteiger partial charge in [0.25, 0.3) is 0 Å². The van der Waals surface area contributed by atoms with E-state index in [0.717, 1.165) is 17.8 Å². The molecule has 0 amide bonds. The predicted molar refractivity (Wildman–Crippen MR) is 93.0 cm³/mol. The minimum atomic E-state index is -4.67. The van der Waals surface area contributed by atoms with Crippen molar-refractivity contribution in [3.63, 3.8) is 0 Å². The number of aromatic nitrogens is 1. The summed E-state index contributed by atoms with van der Waals surface area (Å²) in [7, 11) is 0. The monoisotopic (exact) mass is 393 g/mol. The highest BCUT2D eigenvalue weighted by Crippen LogP contribution is 2.38. The third-order valence-electron chi connectivity index (χ3n) is 3.74. The maximum atomic E-state index is 13.4. The van der Waals surface area contributed by atoms with Crippen LogP contribution in [-0.4, -0.2) is 11.0 Å². The van der Waals surface area contributed by atoms with Gasteiger partial charge in [-0.05, 0) is 17.2 Å². The molecule has 1 aromatic carbocycles. The van der Waals surface area contributed by atoms with Gasteiger partial charge >= 0.3 is 6.18 Å². The number of hydrogen-bond donors (Lipinski definition) is 0. The van der Waals surface area contributed by atoms with Crippen LogP contribution in [0.2, 0.25) is 0 Å². The normalized spacial score (nSPS) is 11.9. The summed E-state index contributed by atoms with van der Waals surface area (Å²) in [4.78, 5) is 15.1. The van der Waals surface area contributed by atoms with E-state index in [-0.39, 0.29) is 22.0 Å². The molecule has 0 aliphatic carbocycles. The molecule has 0 radical (unpaired) electrons. The molecule has 142 valence electrons. The topological polar surface area (TPSA) is 76.8 Å². The van der Waals surface area contributed by atoms with Crippen LogP contribution in [0.25, 0.3) is 0 Å². The number of thioether (sulfide) groups is 1. The number of alkyl halides is 3. The van der Waals surface area contributed by atoms with Crippen LogP contribution in [0.15, 0.2) is 35.4 Å². The molecular formula is C19H16F3N2O2S-. The maximum absolute atomic E-state index is 13.4. The van der Waals surface area contributed by atoms with Crippen LogP contribution in [0.1, 0.15) is 53.5 Å². The molecule has 0 fully saturated rings. The fourth-order valence-electron chi connectivity index (χ4n) is 2.23. The predicted octanol–water partition coefficient (Wildman–Crippen LogP) is 3.93. The van der Waals surface area contributed by atoms with Crippen LogP contribution in [0.4, 0.5) is 13.2 Å². The molecule has 2 aromatic rings. The van der Waals surface area contributed by atoms with Gasteiger partial charge < -0.3 is 9.90 Å². The van der Waals surface area contributed by atoms with Crippen LogP contribution >= 0.6 is 11.8 Å². The number of nitrogens with zero attached hydrogens (tertiary/aromatic N) is 2. The fraction of sp³-hybridized carbons (Fsp3) is 0.316. The van der Waals surface area contributed by atoms with E-state index in [1.54, 1.807) is 39.0 Å². The molecule has 27 heavy (non-hydrogen) atoms. The lowest BCUT2D eigenvalue weighted by Crippen LogP contribution is -2.21. The zero-order valence-corrected chi connectivity index (χ0v) is 15.7. The van der Waals surface area contributed by atoms with Gasteiger partial charge in [0, 0.05) is 16.9 Å². The summed E-state index contributed by atoms with van der Waals surface area (Å²) < 4.78 is 40.3. The Balaban J connectivity index is 2.42. The lowest BCUT2D eigenvalue weighted by molar-refractivity contribution is -0.255. The summed E-state index contributed by atoms with van der Waals surface area (Å²) in [5, 5.41) is 20.0. The second kappa shape index (κ2) is 7.61. The van der Waals surface area contributed by atoms with Gasteiger partial charge in [-0.2, -0.15) is 18.4 Å². The molecule has 0 unspecified atom stereocenters. The van der Waals surface area contributed by atoms with Gasteiger partial charge in [0.15, 0.2) is 0 Å². The lowest BCUT2D eigenvalue weighted by Gasteiger charge is -2.21. The van der Waals surface area contributed by atoms with Crippen molar-refractivity contribution in [2.75, 3.05) is 0 Å². The summed E-state index contributed by atoms with van der Waals surface area (Å²) in [5.74, 6) is -1.07. The van der Waals surface area contributed by atoms with Gasteiger partial charge in [-0.25, -0.2) is 4.98 Å². The maximum Gasteiger partial charge on any atom is 0.417 e. The van der Waals surface area contributed by atoms with Gasteiger partial charge in [-0.3, -0.25) is 0 Å². The standard InChI is InChI=1S/C19H17F3N2O2S/c1-18(2,3)15-8-14(19(20,21)22)13(9-23)16(24-15)27-10-11-4-6-12(7-5-11)17(25)26/h4-8H,10H2,1-3H3,(H,25,26)/p-1. The summed E-state index contributed by atoms with van der Waals surface area (Å²) in [6.45, 7) is 5.23. The van der Waals surface area contributed by atoms with Crippen LogP contribution in [0.3, 0.4) is 0 Å². The van der Waals surface area contributed by atoms with E-state index in [1.165, 1.54) is 12.1 Å². The number of carboxylic acid groups (broad SMARTS) is 1. The molecule has 0 bridgehead atoms. The Kier molecular flexibility index (Phi) is 5.85. The second-order valence-corrected chi connectivity index (χ2v) is 7.83. The molecule has 0 spiro atoms. The first kappa shape index (κ1) is 20.8. The highest BCUT2D eigenvalue weighted by molar-refractivity contribution is 7.98. The first-order valence-corrected chi connectivity index (χ1v) is 8.88. The SMILES string of the molecule is CC(C)(C)c1cc(C(F)(F)F)c(C#N)c(SCc2ccc(C(=O)[O-])cc2)n1. The molecule has 0 aliphatic rings. The largest absolute Gasteiger partial charge is 0.545 e. The minimum Gasteiger partial charge on any atom is -0.545 e. The minimum absolute atomic E-state index is 0.00114. The highest BCUT2D eigenvalue weighted by Gasteiger charge is 2.37. The van der Waals surface area contributed by atoms with Crippen LogP contribution in [-0.2, 0) is 17.3 Å². The van der Waals surface area contributed by atoms with Gasteiger partial charge in [-0.15, -0.1) is 11.8 Å². The van der Waals surface area contributed by atoms with E-state index in [2.05, 4.69) is 4.98 Å². The molecule has 0 aliphatic heterocycles. The molecule has 0 N–H and O–H groups in total. The zero-order chi connectivity index (χ0) is 20.4. The zero-order valence-electron chi connectivity index (χ0n) is 14.8. The van der Waals surface area contributed by atoms with Gasteiger partial charge in [0.2, 0.25) is 0 Å². The average Bonchev–Trinajstić information content (AvgIpc) is 2.57. The number of hydrogen-bond acceptors (Lipinski definition) is 5. The average molecular weight is 393 g/mol. The number of pyridine rings is 1. The van der Waals surface area contributed by atoms with E-state index in [9.17, 15) is 28.3 Å². The Morgan fingerprint density at radius 3 is 2.26 bits per heavy atom. The molecule has 0 saturated heterocycles. The quantitative estimate of drug-likeness (QED) is 0.736. The number of benzene rings is 1. The highest BCUT2D eigenvalue weighted by atomic mass is 32.2. The Morgan fingerprint density at radius 1 is 1.22 bits per heavy atom. The summed E-state index contributed by atoms with van der Waals surface area (Å²) in [6, 6.07) is 8.35. The third kappa shape index (κ3) is 5.01. The van der Waals surface area contributed by atoms with Crippen molar-refractivity contribution in [1.82, 2.24) is 4.98 Å². The van der Waals surface area contributed by atoms with E-state index in [0.29, 0.717) is 5.56 Å². The molecule has 1 aromatic heterocycles. The van der Waals surface area contributed by atoms with Gasteiger partial charge in [0.05, 0.1) is 17.1 Å². The Bertz CT molecular complexity index is 895. The van der Waals surface area contributed by atoms with Crippen molar-refractivity contribution in [2.45, 2.75) is 43.1 Å². The lowest BCUT2D eigenvalue weighted by atomic mass is 9.90. The van der Waals surface area contributed by atoms with Gasteiger partial charge in [0.1, 0.15) is 11.1 Å². The molecule has 8 heteroatoms. The Morgan fingerprint density at radius 2 is 1.81 bits per heavy atom. The summed E-state index contributed by atoms with van der Waals surface area (Å²) in [5.41, 5.74) is -1.20. The van der Waals surface area contributed by atoms with E-state index in [4.69, 9.17) is 0 Å². The molecule has 0 saturated carbocycles. The van der Waals surface area contributed by atoms with Crippen molar-refractivity contribution < 1.29 is 23.1 Å². The number of carbonyl (C=O) groups excluding carboxylic acids is 1. The van der Waals surface area contributed by atoms with E-state index < -0.39 is 28.7 Å². The number of rotatable bonds is 4. The number of aromatic carboxylic acids is 1. The first-order valence-electron chi connectivity index (χ1n) is 7.89. The van der Waals surface area contributed by atoms with Crippen molar-refractivity contribution in [3.8, 4) is 6.07 Å². The van der Waals surface area contributed by atoms with Gasteiger partial charge in [-0.1, -0.05) is 45.0 Å². The van der Waals surface area contributed by atoms with E-state index >= 15 is 0 Å². The number of carbonyl (C=O) groups is 1. The molecule has 1 heterocycles. The van der Waals surface area contributed by atoms with Crippen molar-refractivity contribution in [3.05, 3.63) is 58.3 Å². The van der Waals surface area contributed by atoms with Crippen molar-refractivity contribution in [1.29, 1.82) is 5.26 Å². The molecule has 4 nitrogen and oxygen atoms in total. The van der Waals surface area contributed by atoms with E-state index in [1.807, 2.05) is 0 Å². The fourth-order valence-corrected chi connectivity index (χ4v) is 3.19. The molecule has 0 atom stereocenters. The number of carboxylic acids is 1. The van der Waals surface area contributed by atoms with Crippen molar-refractivity contribution >= 4 is 17.7 Å². The number of halogens is 3. The first-order chi connectivity index (χ1) is 12.4. The molecule has 2 rings (SSSR count). The van der Waals surface area contributed by atoms with Crippen molar-refractivity contribution in [2.24, 2.45) is 0 Å². The number of nitriles is 1. The van der Waals surface area contributed by atoms with Crippen LogP contribution < -0.4 is 5.11 Å². The summed E-state index contributed by atoms with van der Waals surface area (Å²) >= 11 is 1.00. The molecular weight excluding hydrogens is 377 g/mol. The second-order valence-electron chi connectivity index (χ2n) is 6.87. The Hall–Kier alpha value is -2.53. The third-order valence-corrected chi connectivity index (χ3v) is 4.78. The van der Waals surface area contributed by atoms with Crippen LogP contribution in [0, 0.1) is 11.3 Å². The Labute approximate surface area is 159 Å².